The zero-order valence-electron chi connectivity index (χ0n) is 24.1. The van der Waals surface area contributed by atoms with Crippen LogP contribution in [0.3, 0.4) is 0 Å². The van der Waals surface area contributed by atoms with E-state index in [2.05, 4.69) is 15.3 Å². The maximum atomic E-state index is 14.7. The first kappa shape index (κ1) is 33.1. The Labute approximate surface area is 267 Å². The van der Waals surface area contributed by atoms with Gasteiger partial charge in [-0.3, -0.25) is 9.59 Å². The topological polar surface area (TPSA) is 137 Å². The molecular formula is C30H23Cl2F5N4O5. The van der Waals surface area contributed by atoms with Crippen LogP contribution in [0, 0.1) is 18.6 Å². The number of nitrogens with one attached hydrogen (secondary N) is 1. The molecule has 3 heterocycles. The molecule has 9 nitrogen and oxygen atoms in total. The van der Waals surface area contributed by atoms with E-state index in [4.69, 9.17) is 38.4 Å². The predicted molar refractivity (Wildman–Crippen MR) is 157 cm³/mol. The minimum Gasteiger partial charge on any atom is -0.494 e. The van der Waals surface area contributed by atoms with Gasteiger partial charge in [-0.25, -0.2) is 18.7 Å². The molecule has 0 aliphatic carbocycles. The molecule has 1 unspecified atom stereocenters. The van der Waals surface area contributed by atoms with Gasteiger partial charge in [-0.2, -0.15) is 13.2 Å². The molecule has 0 fully saturated rings. The first-order valence-electron chi connectivity index (χ1n) is 13.3. The molecular weight excluding hydrogens is 662 g/mol. The molecule has 5 rings (SSSR count). The van der Waals surface area contributed by atoms with E-state index in [0.717, 1.165) is 12.1 Å². The van der Waals surface area contributed by atoms with Crippen molar-refractivity contribution in [1.82, 2.24) is 15.3 Å². The van der Waals surface area contributed by atoms with Crippen LogP contribution < -0.4 is 20.5 Å². The van der Waals surface area contributed by atoms with Crippen LogP contribution in [-0.4, -0.2) is 53.3 Å². The van der Waals surface area contributed by atoms with Crippen molar-refractivity contribution in [1.29, 1.82) is 0 Å². The Balaban J connectivity index is 1.62. The maximum Gasteiger partial charge on any atom is 0.424 e. The van der Waals surface area contributed by atoms with E-state index in [1.807, 2.05) is 0 Å². The van der Waals surface area contributed by atoms with Crippen molar-refractivity contribution >= 4 is 45.9 Å². The number of aromatic nitrogens is 2. The third-order valence-corrected chi connectivity index (χ3v) is 8.42. The second kappa shape index (κ2) is 11.5. The van der Waals surface area contributed by atoms with E-state index in [9.17, 15) is 36.6 Å². The van der Waals surface area contributed by atoms with E-state index in [1.54, 1.807) is 6.92 Å². The van der Waals surface area contributed by atoms with Gasteiger partial charge in [0.05, 0.1) is 35.1 Å². The number of nitrogens with two attached hydrogens (primary N) is 1. The predicted octanol–water partition coefficient (Wildman–Crippen LogP) is 5.51. The average molecular weight is 685 g/mol. The first-order valence-corrected chi connectivity index (χ1v) is 14.0. The monoisotopic (exact) mass is 684 g/mol. The highest BCUT2D eigenvalue weighted by atomic mass is 35.5. The summed E-state index contributed by atoms with van der Waals surface area (Å²) in [6.07, 6.45) is -5.48. The van der Waals surface area contributed by atoms with E-state index < -0.39 is 70.2 Å². The maximum absolute atomic E-state index is 14.7. The number of alkyl halides is 3. The third kappa shape index (κ3) is 5.43. The quantitative estimate of drug-likeness (QED) is 0.172. The number of halogens is 7. The second-order valence-corrected chi connectivity index (χ2v) is 11.6. The molecule has 4 aromatic rings. The van der Waals surface area contributed by atoms with Gasteiger partial charge in [-0.1, -0.05) is 23.2 Å². The number of nitrogens with zero attached hydrogens (tertiary/aromatic N) is 2. The Bertz CT molecular complexity index is 1920. The molecule has 0 spiro atoms. The van der Waals surface area contributed by atoms with Crippen molar-refractivity contribution in [3.8, 4) is 22.8 Å². The zero-order valence-corrected chi connectivity index (χ0v) is 25.6. The number of pyridine rings is 2. The molecule has 2 aromatic heterocycles. The number of aryl methyl sites for hydroxylation is 1. The van der Waals surface area contributed by atoms with E-state index in [0.29, 0.717) is 22.7 Å². The standard InChI is InChI=1S/C30H23Cl2F5N4O5/c1-12-17(31)5-13-4-15(8-20(45-3)23(13)40-12)26(42)39-10-29(44,30(35,36)37)21-9-16-25(46-11-28(16,2)27(38)43)24(41-21)14-6-18(32)22(34)19(33)7-14/h4-9,44H,10-11H2,1-3H3,(H2,38,43)(H,39,42)/t28-,29?/m0/s1. The van der Waals surface area contributed by atoms with Gasteiger partial charge in [-0.15, -0.1) is 0 Å². The summed E-state index contributed by atoms with van der Waals surface area (Å²) in [6, 6.07) is 6.35. The number of amides is 2. The zero-order chi connectivity index (χ0) is 33.9. The normalized spacial score (nSPS) is 17.3. The minimum absolute atomic E-state index is 0.134. The van der Waals surface area contributed by atoms with Crippen LogP contribution in [0.2, 0.25) is 10.0 Å². The number of methoxy groups -OCH3 is 1. The van der Waals surface area contributed by atoms with Gasteiger partial charge in [0.25, 0.3) is 5.91 Å². The number of carbonyl (C=O) groups is 2. The molecule has 4 N–H and O–H groups in total. The van der Waals surface area contributed by atoms with Crippen molar-refractivity contribution in [2.24, 2.45) is 5.73 Å². The number of fused-ring (bicyclic) bond motifs is 2. The molecule has 2 atom stereocenters. The van der Waals surface area contributed by atoms with Gasteiger partial charge in [0.2, 0.25) is 11.5 Å². The summed E-state index contributed by atoms with van der Waals surface area (Å²) in [6.45, 7) is 1.03. The molecule has 1 aliphatic rings. The van der Waals surface area contributed by atoms with E-state index >= 15 is 0 Å². The van der Waals surface area contributed by atoms with Crippen LogP contribution in [0.15, 0.2) is 36.4 Å². The number of hydrogen-bond donors (Lipinski definition) is 3. The first-order chi connectivity index (χ1) is 21.4. The van der Waals surface area contributed by atoms with Crippen LogP contribution in [-0.2, 0) is 15.8 Å². The smallest absolute Gasteiger partial charge is 0.424 e. The van der Waals surface area contributed by atoms with Crippen LogP contribution >= 0.6 is 23.2 Å². The number of ether oxygens (including phenoxy) is 2. The lowest BCUT2D eigenvalue weighted by Gasteiger charge is -2.31. The minimum atomic E-state index is -5.48. The number of hydrogen-bond acceptors (Lipinski definition) is 7. The summed E-state index contributed by atoms with van der Waals surface area (Å²) in [5, 5.41) is 13.2. The van der Waals surface area contributed by atoms with Crippen LogP contribution in [0.1, 0.15) is 34.2 Å². The van der Waals surface area contributed by atoms with Crippen LogP contribution in [0.5, 0.6) is 11.5 Å². The molecule has 0 saturated heterocycles. The number of primary amides is 1. The lowest BCUT2D eigenvalue weighted by Crippen LogP contribution is -2.51. The molecule has 1 aliphatic heterocycles. The molecule has 16 heteroatoms. The van der Waals surface area contributed by atoms with Crippen molar-refractivity contribution in [3.63, 3.8) is 0 Å². The number of benzene rings is 2. The lowest BCUT2D eigenvalue weighted by atomic mass is 9.81. The Kier molecular flexibility index (Phi) is 8.28. The second-order valence-electron chi connectivity index (χ2n) is 10.8. The number of rotatable bonds is 7. The molecule has 46 heavy (non-hydrogen) atoms. The van der Waals surface area contributed by atoms with Crippen molar-refractivity contribution in [2.45, 2.75) is 31.0 Å². The Morgan fingerprint density at radius 3 is 2.41 bits per heavy atom. The highest BCUT2D eigenvalue weighted by molar-refractivity contribution is 6.32. The van der Waals surface area contributed by atoms with Gasteiger partial charge < -0.3 is 25.6 Å². The third-order valence-electron chi connectivity index (χ3n) is 7.77. The molecule has 0 saturated carbocycles. The van der Waals surface area contributed by atoms with Gasteiger partial charge >= 0.3 is 6.18 Å². The number of carbonyl (C=O) groups excluding carboxylic acids is 2. The van der Waals surface area contributed by atoms with Crippen LogP contribution in [0.25, 0.3) is 22.2 Å². The fourth-order valence-corrected chi connectivity index (χ4v) is 5.31. The van der Waals surface area contributed by atoms with E-state index in [1.165, 1.54) is 32.2 Å². The summed E-state index contributed by atoms with van der Waals surface area (Å²) < 4.78 is 83.4. The summed E-state index contributed by atoms with van der Waals surface area (Å²) in [5.41, 5.74) is -1.50. The van der Waals surface area contributed by atoms with Gasteiger partial charge in [0.15, 0.2) is 11.6 Å². The summed E-state index contributed by atoms with van der Waals surface area (Å²) in [5.74, 6) is -5.03. The highest BCUT2D eigenvalue weighted by Gasteiger charge is 2.57. The van der Waals surface area contributed by atoms with Gasteiger partial charge in [-0.05, 0) is 50.2 Å². The average Bonchev–Trinajstić information content (AvgIpc) is 3.35. The molecule has 0 radical (unpaired) electrons. The molecule has 0 bridgehead atoms. The molecule has 2 amide bonds. The molecule has 2 aromatic carbocycles. The summed E-state index contributed by atoms with van der Waals surface area (Å²) in [4.78, 5) is 33.9. The Morgan fingerprint density at radius 2 is 1.80 bits per heavy atom. The summed E-state index contributed by atoms with van der Waals surface area (Å²) >= 11 is 12.0. The van der Waals surface area contributed by atoms with Crippen molar-refractivity contribution in [2.75, 3.05) is 20.3 Å². The molecule has 242 valence electrons. The highest BCUT2D eigenvalue weighted by Crippen LogP contribution is 2.48. The van der Waals surface area contributed by atoms with Crippen LogP contribution in [0.4, 0.5) is 22.0 Å². The van der Waals surface area contributed by atoms with Crippen molar-refractivity contribution < 1.29 is 46.1 Å². The SMILES string of the molecule is COc1cc(C(=O)NCC(O)(c2cc3c(c(-c4cc(F)c(F)c(Cl)c4)n2)OC[C@]3(C)C(N)=O)C(F)(F)F)cc2cc(Cl)c(C)nc12. The lowest BCUT2D eigenvalue weighted by molar-refractivity contribution is -0.265. The fourth-order valence-electron chi connectivity index (χ4n) is 4.94. The Hall–Kier alpha value is -4.27. The Morgan fingerprint density at radius 1 is 1.11 bits per heavy atom. The van der Waals surface area contributed by atoms with Crippen molar-refractivity contribution in [3.05, 3.63) is 80.6 Å². The summed E-state index contributed by atoms with van der Waals surface area (Å²) in [7, 11) is 1.31. The largest absolute Gasteiger partial charge is 0.494 e. The fraction of sp³-hybridized carbons (Fsp3) is 0.267. The van der Waals surface area contributed by atoms with E-state index in [-0.39, 0.29) is 33.2 Å². The van der Waals surface area contributed by atoms with Gasteiger partial charge in [0.1, 0.15) is 34.7 Å². The van der Waals surface area contributed by atoms with Gasteiger partial charge in [0, 0.05) is 22.1 Å². The number of aliphatic hydroxyl groups is 1.